The Labute approximate surface area is 102 Å². The number of carbonyl (C=O) groups excluding carboxylic acids is 1. The highest BCUT2D eigenvalue weighted by Gasteiger charge is 2.10. The fraction of sp³-hybridized carbons (Fsp3) is 0.385. The van der Waals surface area contributed by atoms with Crippen LogP contribution in [0.1, 0.15) is 18.3 Å². The largest absolute Gasteiger partial charge is 0.344 e. The standard InChI is InChI=1S/C13H17N3O/c1-4-8-14-13(17)11(3)15-9-12-7-5-6-10(2)16-12/h1,5-7,11,15H,8-9H2,2-3H3,(H,14,17). The summed E-state index contributed by atoms with van der Waals surface area (Å²) in [5.74, 6) is 2.26. The van der Waals surface area contributed by atoms with E-state index < -0.39 is 0 Å². The minimum Gasteiger partial charge on any atom is -0.344 e. The molecule has 0 aliphatic rings. The van der Waals surface area contributed by atoms with E-state index in [2.05, 4.69) is 21.5 Å². The lowest BCUT2D eigenvalue weighted by Crippen LogP contribution is -2.42. The van der Waals surface area contributed by atoms with Gasteiger partial charge < -0.3 is 10.6 Å². The molecule has 0 aliphatic carbocycles. The molecule has 4 heteroatoms. The van der Waals surface area contributed by atoms with Gasteiger partial charge in [0.25, 0.3) is 0 Å². The summed E-state index contributed by atoms with van der Waals surface area (Å²) >= 11 is 0. The normalized spacial score (nSPS) is 11.6. The van der Waals surface area contributed by atoms with Gasteiger partial charge in [0.2, 0.25) is 5.91 Å². The summed E-state index contributed by atoms with van der Waals surface area (Å²) < 4.78 is 0. The molecule has 0 fully saturated rings. The molecule has 1 atom stereocenters. The number of hydrogen-bond acceptors (Lipinski definition) is 3. The average molecular weight is 231 g/mol. The van der Waals surface area contributed by atoms with Gasteiger partial charge in [0.1, 0.15) is 0 Å². The highest BCUT2D eigenvalue weighted by atomic mass is 16.2. The Balaban J connectivity index is 2.40. The second-order valence-corrected chi connectivity index (χ2v) is 3.79. The van der Waals surface area contributed by atoms with Crippen molar-refractivity contribution in [1.29, 1.82) is 0 Å². The van der Waals surface area contributed by atoms with E-state index in [0.717, 1.165) is 11.4 Å². The summed E-state index contributed by atoms with van der Waals surface area (Å²) in [5, 5.41) is 5.71. The summed E-state index contributed by atoms with van der Waals surface area (Å²) in [6.45, 7) is 4.55. The molecule has 17 heavy (non-hydrogen) atoms. The summed E-state index contributed by atoms with van der Waals surface area (Å²) in [6.07, 6.45) is 5.06. The van der Waals surface area contributed by atoms with E-state index in [-0.39, 0.29) is 18.5 Å². The van der Waals surface area contributed by atoms with Gasteiger partial charge in [-0.1, -0.05) is 12.0 Å². The van der Waals surface area contributed by atoms with Crippen LogP contribution in [0.25, 0.3) is 0 Å². The van der Waals surface area contributed by atoms with Gasteiger partial charge in [-0.15, -0.1) is 6.42 Å². The minimum absolute atomic E-state index is 0.101. The van der Waals surface area contributed by atoms with E-state index in [1.165, 1.54) is 0 Å². The maximum atomic E-state index is 11.5. The molecule has 1 rings (SSSR count). The number of pyridine rings is 1. The predicted octanol–water partition coefficient (Wildman–Crippen LogP) is 0.618. The number of amides is 1. The van der Waals surface area contributed by atoms with Crippen LogP contribution in [-0.4, -0.2) is 23.5 Å². The molecule has 1 heterocycles. The molecular formula is C13H17N3O. The molecule has 0 saturated carbocycles. The molecule has 4 nitrogen and oxygen atoms in total. The van der Waals surface area contributed by atoms with Crippen LogP contribution in [0, 0.1) is 19.3 Å². The lowest BCUT2D eigenvalue weighted by Gasteiger charge is -2.12. The lowest BCUT2D eigenvalue weighted by molar-refractivity contribution is -0.122. The molecule has 1 unspecified atom stereocenters. The van der Waals surface area contributed by atoms with Crippen LogP contribution in [0.5, 0.6) is 0 Å². The van der Waals surface area contributed by atoms with E-state index >= 15 is 0 Å². The highest BCUT2D eigenvalue weighted by Crippen LogP contribution is 1.98. The third-order valence-corrected chi connectivity index (χ3v) is 2.29. The van der Waals surface area contributed by atoms with Gasteiger partial charge >= 0.3 is 0 Å². The number of nitrogens with one attached hydrogen (secondary N) is 2. The zero-order valence-corrected chi connectivity index (χ0v) is 10.2. The Morgan fingerprint density at radius 3 is 3.00 bits per heavy atom. The van der Waals surface area contributed by atoms with Gasteiger partial charge in [-0.25, -0.2) is 0 Å². The molecule has 0 aliphatic heterocycles. The molecule has 1 amide bonds. The second kappa shape index (κ2) is 6.66. The van der Waals surface area contributed by atoms with Gasteiger partial charge in [-0.2, -0.15) is 0 Å². The molecule has 0 bridgehead atoms. The summed E-state index contributed by atoms with van der Waals surface area (Å²) in [4.78, 5) is 15.8. The predicted molar refractivity (Wildman–Crippen MR) is 67.1 cm³/mol. The molecule has 2 N–H and O–H groups in total. The molecule has 0 spiro atoms. The second-order valence-electron chi connectivity index (χ2n) is 3.79. The van der Waals surface area contributed by atoms with Crippen molar-refractivity contribution in [1.82, 2.24) is 15.6 Å². The van der Waals surface area contributed by atoms with Crippen molar-refractivity contribution in [3.8, 4) is 12.3 Å². The average Bonchev–Trinajstić information content (AvgIpc) is 2.33. The van der Waals surface area contributed by atoms with Crippen molar-refractivity contribution in [3.63, 3.8) is 0 Å². The minimum atomic E-state index is -0.286. The van der Waals surface area contributed by atoms with Crippen molar-refractivity contribution in [2.75, 3.05) is 6.54 Å². The quantitative estimate of drug-likeness (QED) is 0.730. The molecule has 0 aromatic carbocycles. The zero-order valence-electron chi connectivity index (χ0n) is 10.2. The number of rotatable bonds is 5. The lowest BCUT2D eigenvalue weighted by atomic mass is 10.2. The molecule has 0 radical (unpaired) electrons. The van der Waals surface area contributed by atoms with Crippen LogP contribution in [0.2, 0.25) is 0 Å². The SMILES string of the molecule is C#CCNC(=O)C(C)NCc1cccc(C)n1. The van der Waals surface area contributed by atoms with Crippen LogP contribution in [0.3, 0.4) is 0 Å². The first kappa shape index (κ1) is 13.2. The number of aryl methyl sites for hydroxylation is 1. The number of hydrogen-bond donors (Lipinski definition) is 2. The summed E-state index contributed by atoms with van der Waals surface area (Å²) in [7, 11) is 0. The number of carbonyl (C=O) groups is 1. The fourth-order valence-corrected chi connectivity index (χ4v) is 1.34. The summed E-state index contributed by atoms with van der Waals surface area (Å²) in [6, 6.07) is 5.52. The fourth-order valence-electron chi connectivity index (χ4n) is 1.34. The highest BCUT2D eigenvalue weighted by molar-refractivity contribution is 5.81. The third kappa shape index (κ3) is 4.66. The van der Waals surface area contributed by atoms with Gasteiger partial charge in [0.05, 0.1) is 18.3 Å². The monoisotopic (exact) mass is 231 g/mol. The summed E-state index contributed by atoms with van der Waals surface area (Å²) in [5.41, 5.74) is 1.88. The van der Waals surface area contributed by atoms with Gasteiger partial charge in [0.15, 0.2) is 0 Å². The van der Waals surface area contributed by atoms with E-state index in [1.54, 1.807) is 6.92 Å². The van der Waals surface area contributed by atoms with Crippen LogP contribution >= 0.6 is 0 Å². The first-order valence-electron chi connectivity index (χ1n) is 5.50. The molecule has 90 valence electrons. The maximum Gasteiger partial charge on any atom is 0.237 e. The Hall–Kier alpha value is -1.86. The number of terminal acetylenes is 1. The van der Waals surface area contributed by atoms with Crippen molar-refractivity contribution in [3.05, 3.63) is 29.6 Å². The zero-order chi connectivity index (χ0) is 12.7. The van der Waals surface area contributed by atoms with Crippen molar-refractivity contribution in [2.24, 2.45) is 0 Å². The van der Waals surface area contributed by atoms with Gasteiger partial charge in [-0.3, -0.25) is 9.78 Å². The Bertz CT molecular complexity index is 423. The van der Waals surface area contributed by atoms with Crippen LogP contribution < -0.4 is 10.6 Å². The van der Waals surface area contributed by atoms with E-state index in [1.807, 2.05) is 25.1 Å². The van der Waals surface area contributed by atoms with Crippen LogP contribution in [0.4, 0.5) is 0 Å². The topological polar surface area (TPSA) is 54.0 Å². The molecule has 0 saturated heterocycles. The van der Waals surface area contributed by atoms with Crippen molar-refractivity contribution in [2.45, 2.75) is 26.4 Å². The first-order valence-corrected chi connectivity index (χ1v) is 5.50. The molecule has 1 aromatic heterocycles. The molecule has 1 aromatic rings. The van der Waals surface area contributed by atoms with E-state index in [4.69, 9.17) is 6.42 Å². The first-order chi connectivity index (χ1) is 8.13. The molecular weight excluding hydrogens is 214 g/mol. The van der Waals surface area contributed by atoms with Crippen LogP contribution in [-0.2, 0) is 11.3 Å². The van der Waals surface area contributed by atoms with Crippen molar-refractivity contribution >= 4 is 5.91 Å². The van der Waals surface area contributed by atoms with Crippen molar-refractivity contribution < 1.29 is 4.79 Å². The smallest absolute Gasteiger partial charge is 0.237 e. The van der Waals surface area contributed by atoms with Gasteiger partial charge in [-0.05, 0) is 26.0 Å². The van der Waals surface area contributed by atoms with Gasteiger partial charge in [0, 0.05) is 12.2 Å². The Morgan fingerprint density at radius 2 is 2.35 bits per heavy atom. The van der Waals surface area contributed by atoms with E-state index in [9.17, 15) is 4.79 Å². The maximum absolute atomic E-state index is 11.5. The number of aromatic nitrogens is 1. The van der Waals surface area contributed by atoms with Crippen LogP contribution in [0.15, 0.2) is 18.2 Å². The Kier molecular flexibility index (Phi) is 5.18. The third-order valence-electron chi connectivity index (χ3n) is 2.29. The van der Waals surface area contributed by atoms with E-state index in [0.29, 0.717) is 6.54 Å². The Morgan fingerprint density at radius 1 is 1.59 bits per heavy atom. The number of nitrogens with zero attached hydrogens (tertiary/aromatic N) is 1.